The van der Waals surface area contributed by atoms with Crippen molar-refractivity contribution in [2.75, 3.05) is 0 Å². The summed E-state index contributed by atoms with van der Waals surface area (Å²) in [6.45, 7) is 0.0731. The van der Waals surface area contributed by atoms with Gasteiger partial charge in [-0.3, -0.25) is 24.5 Å². The minimum absolute atomic E-state index is 0.0731. The standard InChI is InChI=1S/C13H11N3O5/c17-11-2-1-3-12(18)15(11)14-7-8-4-5-9(16(20)21)6-10(8)13(14)19/h4-6H,1-3,7H2. The van der Waals surface area contributed by atoms with Gasteiger partial charge in [-0.1, -0.05) is 0 Å². The van der Waals surface area contributed by atoms with Crippen molar-refractivity contribution in [3.05, 3.63) is 39.4 Å². The third-order valence-corrected chi connectivity index (χ3v) is 3.58. The highest BCUT2D eigenvalue weighted by atomic mass is 16.6. The number of nitrogens with zero attached hydrogens (tertiary/aromatic N) is 3. The monoisotopic (exact) mass is 289 g/mol. The summed E-state index contributed by atoms with van der Waals surface area (Å²) in [4.78, 5) is 46.2. The molecule has 0 radical (unpaired) electrons. The van der Waals surface area contributed by atoms with E-state index in [2.05, 4.69) is 0 Å². The van der Waals surface area contributed by atoms with Crippen LogP contribution in [0.3, 0.4) is 0 Å². The molecule has 0 aromatic heterocycles. The number of amides is 3. The number of hydrogen-bond donors (Lipinski definition) is 0. The molecule has 3 amide bonds. The van der Waals surface area contributed by atoms with E-state index in [-0.39, 0.29) is 30.6 Å². The summed E-state index contributed by atoms with van der Waals surface area (Å²) >= 11 is 0. The molecule has 1 aromatic rings. The van der Waals surface area contributed by atoms with Crippen LogP contribution in [0.4, 0.5) is 5.69 Å². The second kappa shape index (κ2) is 4.65. The molecule has 8 heteroatoms. The van der Waals surface area contributed by atoms with Gasteiger partial charge < -0.3 is 0 Å². The molecular formula is C13H11N3O5. The van der Waals surface area contributed by atoms with Crippen LogP contribution in [0.25, 0.3) is 0 Å². The fourth-order valence-electron chi connectivity index (χ4n) is 2.56. The molecule has 2 aliphatic heterocycles. The van der Waals surface area contributed by atoms with Crippen molar-refractivity contribution in [3.8, 4) is 0 Å². The molecule has 0 N–H and O–H groups in total. The van der Waals surface area contributed by atoms with Crippen molar-refractivity contribution in [1.82, 2.24) is 10.0 Å². The predicted molar refractivity (Wildman–Crippen MR) is 68.7 cm³/mol. The number of carbonyl (C=O) groups is 3. The molecule has 0 bridgehead atoms. The van der Waals surface area contributed by atoms with Crippen LogP contribution in [-0.2, 0) is 16.1 Å². The maximum absolute atomic E-state index is 12.3. The van der Waals surface area contributed by atoms with Crippen molar-refractivity contribution in [2.45, 2.75) is 25.8 Å². The van der Waals surface area contributed by atoms with Gasteiger partial charge in [-0.05, 0) is 18.1 Å². The number of rotatable bonds is 2. The Hall–Kier alpha value is -2.77. The molecule has 3 rings (SSSR count). The van der Waals surface area contributed by atoms with Crippen LogP contribution in [0, 0.1) is 10.1 Å². The number of hydrazine groups is 1. The smallest absolute Gasteiger partial charge is 0.273 e. The van der Waals surface area contributed by atoms with Gasteiger partial charge in [0, 0.05) is 25.0 Å². The zero-order valence-corrected chi connectivity index (χ0v) is 10.9. The first kappa shape index (κ1) is 13.2. The molecular weight excluding hydrogens is 278 g/mol. The average Bonchev–Trinajstić information content (AvgIpc) is 2.75. The number of non-ortho nitro benzene ring substituents is 1. The van der Waals surface area contributed by atoms with Gasteiger partial charge in [0.1, 0.15) is 0 Å². The third kappa shape index (κ3) is 2.04. The number of imide groups is 1. The van der Waals surface area contributed by atoms with E-state index >= 15 is 0 Å². The lowest BCUT2D eigenvalue weighted by Crippen LogP contribution is -2.51. The van der Waals surface area contributed by atoms with Gasteiger partial charge in [-0.25, -0.2) is 5.01 Å². The van der Waals surface area contributed by atoms with Gasteiger partial charge in [0.25, 0.3) is 11.6 Å². The molecule has 0 aliphatic carbocycles. The number of benzene rings is 1. The Labute approximate surface area is 119 Å². The van der Waals surface area contributed by atoms with Crippen molar-refractivity contribution < 1.29 is 19.3 Å². The number of hydrogen-bond acceptors (Lipinski definition) is 5. The molecule has 1 saturated heterocycles. The van der Waals surface area contributed by atoms with Crippen LogP contribution >= 0.6 is 0 Å². The summed E-state index contributed by atoms with van der Waals surface area (Å²) in [6.07, 6.45) is 0.909. The van der Waals surface area contributed by atoms with E-state index in [1.165, 1.54) is 18.2 Å². The largest absolute Gasteiger partial charge is 0.273 e. The summed E-state index contributed by atoms with van der Waals surface area (Å²) in [6, 6.07) is 3.95. The van der Waals surface area contributed by atoms with E-state index in [1.54, 1.807) is 0 Å². The van der Waals surface area contributed by atoms with E-state index in [1.807, 2.05) is 0 Å². The minimum Gasteiger partial charge on any atom is -0.273 e. The summed E-state index contributed by atoms with van der Waals surface area (Å²) < 4.78 is 0. The predicted octanol–water partition coefficient (Wildman–Crippen LogP) is 1.00. The lowest BCUT2D eigenvalue weighted by molar-refractivity contribution is -0.384. The third-order valence-electron chi connectivity index (χ3n) is 3.58. The first-order valence-corrected chi connectivity index (χ1v) is 6.44. The van der Waals surface area contributed by atoms with E-state index in [9.17, 15) is 24.5 Å². The highest BCUT2D eigenvalue weighted by molar-refractivity contribution is 6.04. The number of nitro benzene ring substituents is 1. The van der Waals surface area contributed by atoms with Gasteiger partial charge in [0.05, 0.1) is 17.0 Å². The lowest BCUT2D eigenvalue weighted by atomic mass is 10.1. The first-order chi connectivity index (χ1) is 9.99. The van der Waals surface area contributed by atoms with Gasteiger partial charge in [-0.15, -0.1) is 0 Å². The van der Waals surface area contributed by atoms with E-state index in [4.69, 9.17) is 0 Å². The second-order valence-corrected chi connectivity index (χ2v) is 4.91. The Balaban J connectivity index is 1.95. The molecule has 21 heavy (non-hydrogen) atoms. The second-order valence-electron chi connectivity index (χ2n) is 4.91. The van der Waals surface area contributed by atoms with Gasteiger partial charge in [-0.2, -0.15) is 5.01 Å². The summed E-state index contributed by atoms with van der Waals surface area (Å²) in [7, 11) is 0. The number of carbonyl (C=O) groups excluding carboxylic acids is 3. The lowest BCUT2D eigenvalue weighted by Gasteiger charge is -2.32. The van der Waals surface area contributed by atoms with Gasteiger partial charge in [0.15, 0.2) is 0 Å². The van der Waals surface area contributed by atoms with Crippen LogP contribution < -0.4 is 0 Å². The van der Waals surface area contributed by atoms with Crippen molar-refractivity contribution in [2.24, 2.45) is 0 Å². The topological polar surface area (TPSA) is 101 Å². The van der Waals surface area contributed by atoms with E-state index in [0.29, 0.717) is 12.0 Å². The zero-order chi connectivity index (χ0) is 15.1. The number of piperidine rings is 1. The van der Waals surface area contributed by atoms with Crippen LogP contribution in [-0.4, -0.2) is 32.7 Å². The Morgan fingerprint density at radius 3 is 2.38 bits per heavy atom. The average molecular weight is 289 g/mol. The molecule has 0 saturated carbocycles. The van der Waals surface area contributed by atoms with Crippen molar-refractivity contribution in [1.29, 1.82) is 0 Å². The Kier molecular flexibility index (Phi) is 2.93. The van der Waals surface area contributed by atoms with Crippen molar-refractivity contribution >= 4 is 23.4 Å². The summed E-state index contributed by atoms with van der Waals surface area (Å²) in [5.41, 5.74) is 0.535. The molecule has 2 heterocycles. The normalized spacial score (nSPS) is 18.2. The quantitative estimate of drug-likeness (QED) is 0.459. The first-order valence-electron chi connectivity index (χ1n) is 6.44. The Morgan fingerprint density at radius 2 is 1.76 bits per heavy atom. The molecule has 8 nitrogen and oxygen atoms in total. The number of nitro groups is 1. The van der Waals surface area contributed by atoms with Crippen molar-refractivity contribution in [3.63, 3.8) is 0 Å². The van der Waals surface area contributed by atoms with Crippen LogP contribution in [0.15, 0.2) is 18.2 Å². The molecule has 2 aliphatic rings. The maximum atomic E-state index is 12.3. The SMILES string of the molecule is O=C1c2cc([N+](=O)[O-])ccc2CN1N1C(=O)CCCC1=O. The summed E-state index contributed by atoms with van der Waals surface area (Å²) in [5, 5.41) is 12.7. The Morgan fingerprint density at radius 1 is 1.10 bits per heavy atom. The van der Waals surface area contributed by atoms with Crippen LogP contribution in [0.1, 0.15) is 35.2 Å². The van der Waals surface area contributed by atoms with Gasteiger partial charge in [0.2, 0.25) is 11.8 Å². The maximum Gasteiger partial charge on any atom is 0.273 e. The zero-order valence-electron chi connectivity index (χ0n) is 10.9. The highest BCUT2D eigenvalue weighted by Gasteiger charge is 2.39. The molecule has 108 valence electrons. The molecule has 0 unspecified atom stereocenters. The van der Waals surface area contributed by atoms with Gasteiger partial charge >= 0.3 is 0 Å². The Bertz CT molecular complexity index is 668. The van der Waals surface area contributed by atoms with E-state index < -0.39 is 22.6 Å². The molecule has 1 aromatic carbocycles. The van der Waals surface area contributed by atoms with Crippen LogP contribution in [0.5, 0.6) is 0 Å². The van der Waals surface area contributed by atoms with Crippen LogP contribution in [0.2, 0.25) is 0 Å². The summed E-state index contributed by atoms with van der Waals surface area (Å²) in [5.74, 6) is -1.39. The fraction of sp³-hybridized carbons (Fsp3) is 0.308. The highest BCUT2D eigenvalue weighted by Crippen LogP contribution is 2.29. The van der Waals surface area contributed by atoms with E-state index in [0.717, 1.165) is 10.0 Å². The fourth-order valence-corrected chi connectivity index (χ4v) is 2.56. The molecule has 0 atom stereocenters. The molecule has 0 spiro atoms. The minimum atomic E-state index is -0.590. The molecule has 1 fully saturated rings. The number of fused-ring (bicyclic) bond motifs is 1.